The number of nitrogens with zero attached hydrogens (tertiary/aromatic N) is 1. The topological polar surface area (TPSA) is 54.5 Å². The van der Waals surface area contributed by atoms with Crippen molar-refractivity contribution in [1.29, 1.82) is 0 Å². The number of aldehydes is 1. The van der Waals surface area contributed by atoms with Crippen molar-refractivity contribution in [1.82, 2.24) is 4.31 Å². The van der Waals surface area contributed by atoms with Gasteiger partial charge in [0.25, 0.3) is 10.0 Å². The second kappa shape index (κ2) is 10.9. The van der Waals surface area contributed by atoms with Crippen molar-refractivity contribution in [2.45, 2.75) is 31.1 Å². The Kier molecular flexibility index (Phi) is 8.56. The lowest BCUT2D eigenvalue weighted by Crippen LogP contribution is -2.27. The van der Waals surface area contributed by atoms with E-state index in [0.717, 1.165) is 21.7 Å². The molecule has 0 unspecified atom stereocenters. The summed E-state index contributed by atoms with van der Waals surface area (Å²) in [5.41, 5.74) is 2.40. The third-order valence-corrected chi connectivity index (χ3v) is 5.96. The van der Waals surface area contributed by atoms with Gasteiger partial charge in [0.05, 0.1) is 4.90 Å². The number of aryl methyl sites for hydroxylation is 1. The minimum Gasteiger partial charge on any atom is -0.303 e. The molecule has 0 bridgehead atoms. The van der Waals surface area contributed by atoms with Crippen molar-refractivity contribution in [2.75, 3.05) is 6.54 Å². The fourth-order valence-corrected chi connectivity index (χ4v) is 3.99. The summed E-state index contributed by atoms with van der Waals surface area (Å²) < 4.78 is 30.1. The van der Waals surface area contributed by atoms with Gasteiger partial charge in [-0.25, -0.2) is 12.7 Å². The first-order valence-corrected chi connectivity index (χ1v) is 11.3. The summed E-state index contributed by atoms with van der Waals surface area (Å²) in [5, 5.41) is 0. The molecule has 0 aliphatic heterocycles. The molecule has 0 heterocycles. The van der Waals surface area contributed by atoms with Gasteiger partial charge in [-0.15, -0.1) is 0 Å². The molecule has 0 aliphatic carbocycles. The van der Waals surface area contributed by atoms with Gasteiger partial charge in [-0.05, 0) is 53.9 Å². The van der Waals surface area contributed by atoms with Crippen LogP contribution < -0.4 is 0 Å². The third kappa shape index (κ3) is 6.12. The number of hydrogen-bond donors (Lipinski definition) is 0. The quantitative estimate of drug-likeness (QED) is 0.187. The van der Waals surface area contributed by atoms with Gasteiger partial charge in [0.1, 0.15) is 6.29 Å². The fourth-order valence-electron chi connectivity index (χ4n) is 2.43. The van der Waals surface area contributed by atoms with Crippen LogP contribution in [-0.2, 0) is 14.8 Å². The maximum Gasteiger partial charge on any atom is 0.270 e. The summed E-state index contributed by atoms with van der Waals surface area (Å²) in [6.45, 7) is 2.12. The molecule has 2 aromatic carbocycles. The molecule has 0 aromatic heterocycles. The summed E-state index contributed by atoms with van der Waals surface area (Å²) in [4.78, 5) is 10.7. The van der Waals surface area contributed by atoms with Crippen LogP contribution in [0.4, 0.5) is 0 Å². The van der Waals surface area contributed by atoms with Crippen LogP contribution in [0.1, 0.15) is 36.0 Å². The molecule has 4 nitrogen and oxygen atoms in total. The second-order valence-corrected chi connectivity index (χ2v) is 8.46. The molecule has 0 saturated carbocycles. The van der Waals surface area contributed by atoms with Crippen molar-refractivity contribution < 1.29 is 13.2 Å². The SMILES string of the molecule is Cc1ccc(S(=O)(=O)N(C#Cc2ccccc2C#CI)CCCCC=O)cc1. The van der Waals surface area contributed by atoms with E-state index in [4.69, 9.17) is 0 Å². The summed E-state index contributed by atoms with van der Waals surface area (Å²) in [5.74, 6) is 5.91. The Morgan fingerprint density at radius 2 is 1.64 bits per heavy atom. The molecule has 2 rings (SSSR count). The predicted molar refractivity (Wildman–Crippen MR) is 119 cm³/mol. The molecule has 0 aliphatic rings. The number of halogens is 1. The lowest BCUT2D eigenvalue weighted by atomic mass is 10.1. The van der Waals surface area contributed by atoms with Gasteiger partial charge in [0.2, 0.25) is 0 Å². The van der Waals surface area contributed by atoms with Crippen LogP contribution in [0.5, 0.6) is 0 Å². The molecule has 2 aromatic rings. The average molecular weight is 505 g/mol. The summed E-state index contributed by atoms with van der Waals surface area (Å²) in [6, 6.07) is 16.8. The highest BCUT2D eigenvalue weighted by atomic mass is 127. The number of sulfonamides is 1. The van der Waals surface area contributed by atoms with Gasteiger partial charge in [0.15, 0.2) is 0 Å². The first kappa shape index (κ1) is 22.0. The molecule has 0 spiro atoms. The summed E-state index contributed by atoms with van der Waals surface area (Å²) in [7, 11) is -3.77. The van der Waals surface area contributed by atoms with Crippen LogP contribution in [0.3, 0.4) is 0 Å². The summed E-state index contributed by atoms with van der Waals surface area (Å²) >= 11 is 1.95. The number of hydrogen-bond acceptors (Lipinski definition) is 3. The van der Waals surface area contributed by atoms with Crippen LogP contribution in [0.2, 0.25) is 0 Å². The standard InChI is InChI=1S/C22H20INO3S/c1-19-9-11-22(12-10-19)28(26,27)24(16-5-2-6-18-25)17-14-21-8-4-3-7-20(21)13-15-23/h3-4,7-12,18H,2,5-6,16H2,1H3. The number of unbranched alkanes of at least 4 members (excludes halogenated alkanes) is 2. The molecule has 0 N–H and O–H groups in total. The lowest BCUT2D eigenvalue weighted by molar-refractivity contribution is -0.107. The highest BCUT2D eigenvalue weighted by Crippen LogP contribution is 2.17. The van der Waals surface area contributed by atoms with E-state index in [2.05, 4.69) is 21.8 Å². The van der Waals surface area contributed by atoms with Crippen LogP contribution in [0, 0.1) is 28.7 Å². The van der Waals surface area contributed by atoms with Gasteiger partial charge in [-0.1, -0.05) is 35.7 Å². The monoisotopic (exact) mass is 505 g/mol. The Hall–Kier alpha value is -2.29. The van der Waals surface area contributed by atoms with Crippen LogP contribution in [0.15, 0.2) is 53.4 Å². The first-order valence-electron chi connectivity index (χ1n) is 8.74. The van der Waals surface area contributed by atoms with Gasteiger partial charge in [-0.2, -0.15) is 0 Å². The predicted octanol–water partition coefficient (Wildman–Crippen LogP) is 4.11. The van der Waals surface area contributed by atoms with E-state index in [1.54, 1.807) is 24.3 Å². The van der Waals surface area contributed by atoms with Crippen molar-refractivity contribution in [3.8, 4) is 21.8 Å². The van der Waals surface area contributed by atoms with Crippen molar-refractivity contribution >= 4 is 38.9 Å². The van der Waals surface area contributed by atoms with E-state index < -0.39 is 10.0 Å². The van der Waals surface area contributed by atoms with Crippen LogP contribution >= 0.6 is 22.6 Å². The van der Waals surface area contributed by atoms with E-state index in [9.17, 15) is 13.2 Å². The zero-order valence-corrected chi connectivity index (χ0v) is 18.5. The molecule has 0 fully saturated rings. The van der Waals surface area contributed by atoms with Gasteiger partial charge < -0.3 is 4.79 Å². The van der Waals surface area contributed by atoms with E-state index in [1.807, 2.05) is 53.8 Å². The van der Waals surface area contributed by atoms with E-state index >= 15 is 0 Å². The normalized spacial score (nSPS) is 10.2. The highest BCUT2D eigenvalue weighted by molar-refractivity contribution is 14.1. The smallest absolute Gasteiger partial charge is 0.270 e. The number of carbonyl (C=O) groups is 1. The van der Waals surface area contributed by atoms with Crippen LogP contribution in [-0.4, -0.2) is 25.6 Å². The Bertz CT molecular complexity index is 1040. The zero-order chi connectivity index (χ0) is 20.4. The number of benzene rings is 2. The first-order chi connectivity index (χ1) is 13.5. The highest BCUT2D eigenvalue weighted by Gasteiger charge is 2.21. The number of carbonyl (C=O) groups excluding carboxylic acids is 1. The Morgan fingerprint density at radius 3 is 2.25 bits per heavy atom. The number of rotatable bonds is 7. The third-order valence-electron chi connectivity index (χ3n) is 3.97. The minimum atomic E-state index is -3.77. The van der Waals surface area contributed by atoms with E-state index in [-0.39, 0.29) is 11.4 Å². The molecule has 0 atom stereocenters. The second-order valence-electron chi connectivity index (χ2n) is 6.05. The fraction of sp³-hybridized carbons (Fsp3) is 0.227. The maximum absolute atomic E-state index is 13.1. The maximum atomic E-state index is 13.1. The molecule has 0 saturated heterocycles. The molecule has 0 amide bonds. The van der Waals surface area contributed by atoms with Crippen molar-refractivity contribution in [3.63, 3.8) is 0 Å². The van der Waals surface area contributed by atoms with Crippen LogP contribution in [0.25, 0.3) is 0 Å². The molecule has 0 radical (unpaired) electrons. The molecule has 144 valence electrons. The zero-order valence-electron chi connectivity index (χ0n) is 15.5. The minimum absolute atomic E-state index is 0.197. The van der Waals surface area contributed by atoms with Gasteiger partial charge in [-0.3, -0.25) is 0 Å². The lowest BCUT2D eigenvalue weighted by Gasteiger charge is -2.18. The van der Waals surface area contributed by atoms with E-state index in [1.165, 1.54) is 0 Å². The Balaban J connectivity index is 2.39. The van der Waals surface area contributed by atoms with E-state index in [0.29, 0.717) is 24.8 Å². The molecular weight excluding hydrogens is 485 g/mol. The van der Waals surface area contributed by atoms with Gasteiger partial charge in [0, 0.05) is 52.7 Å². The average Bonchev–Trinajstić information content (AvgIpc) is 2.69. The van der Waals surface area contributed by atoms with Crippen molar-refractivity contribution in [2.24, 2.45) is 0 Å². The molecule has 28 heavy (non-hydrogen) atoms. The Morgan fingerprint density at radius 1 is 1.00 bits per heavy atom. The Labute approximate surface area is 180 Å². The largest absolute Gasteiger partial charge is 0.303 e. The molecular formula is C22H20INO3S. The molecule has 6 heteroatoms. The van der Waals surface area contributed by atoms with Gasteiger partial charge >= 0.3 is 0 Å². The summed E-state index contributed by atoms with van der Waals surface area (Å²) in [6.07, 6.45) is 2.40. The van der Waals surface area contributed by atoms with Crippen molar-refractivity contribution in [3.05, 3.63) is 65.2 Å².